The quantitative estimate of drug-likeness (QED) is 0.702. The van der Waals surface area contributed by atoms with Crippen LogP contribution in [0.4, 0.5) is 0 Å². The predicted molar refractivity (Wildman–Crippen MR) is 89.1 cm³/mol. The van der Waals surface area contributed by atoms with Crippen LogP contribution in [-0.4, -0.2) is 9.97 Å². The standard InChI is InChI=1S/C18H24N2S/c1-3-7-13(8-4-1)17-18(14-9-5-2-6-10-14)20-16-12-21-11-15(16)19-17/h11-14H,1-10H2. The van der Waals surface area contributed by atoms with Crippen LogP contribution >= 0.6 is 11.3 Å². The van der Waals surface area contributed by atoms with E-state index in [4.69, 9.17) is 9.97 Å². The second-order valence-corrected chi connectivity index (χ2v) is 7.55. The third-order valence-corrected chi connectivity index (χ3v) is 6.07. The Morgan fingerprint density at radius 1 is 0.667 bits per heavy atom. The summed E-state index contributed by atoms with van der Waals surface area (Å²) in [6.07, 6.45) is 13.6. The summed E-state index contributed by atoms with van der Waals surface area (Å²) >= 11 is 1.74. The van der Waals surface area contributed by atoms with Gasteiger partial charge < -0.3 is 0 Å². The molecule has 2 aromatic heterocycles. The van der Waals surface area contributed by atoms with Crippen LogP contribution in [0.15, 0.2) is 10.8 Å². The molecule has 2 heterocycles. The molecule has 2 saturated carbocycles. The van der Waals surface area contributed by atoms with Crippen LogP contribution in [0, 0.1) is 0 Å². The Labute approximate surface area is 131 Å². The largest absolute Gasteiger partial charge is 0.248 e. The third-order valence-electron chi connectivity index (χ3n) is 5.35. The van der Waals surface area contributed by atoms with E-state index in [1.807, 2.05) is 0 Å². The van der Waals surface area contributed by atoms with E-state index in [9.17, 15) is 0 Å². The van der Waals surface area contributed by atoms with Crippen LogP contribution in [0.3, 0.4) is 0 Å². The highest BCUT2D eigenvalue weighted by Gasteiger charge is 2.27. The molecule has 4 rings (SSSR count). The average molecular weight is 300 g/mol. The predicted octanol–water partition coefficient (Wildman–Crippen LogP) is 5.79. The summed E-state index contributed by atoms with van der Waals surface area (Å²) in [6, 6.07) is 0. The third kappa shape index (κ3) is 2.73. The Balaban J connectivity index is 1.76. The van der Waals surface area contributed by atoms with Gasteiger partial charge in [0.25, 0.3) is 0 Å². The molecule has 0 N–H and O–H groups in total. The molecule has 0 spiro atoms. The van der Waals surface area contributed by atoms with Crippen molar-refractivity contribution in [1.82, 2.24) is 9.97 Å². The van der Waals surface area contributed by atoms with Crippen LogP contribution in [0.25, 0.3) is 11.0 Å². The molecule has 2 aromatic rings. The van der Waals surface area contributed by atoms with Crippen molar-refractivity contribution >= 4 is 22.4 Å². The van der Waals surface area contributed by atoms with Gasteiger partial charge in [0.15, 0.2) is 0 Å². The molecule has 3 heteroatoms. The van der Waals surface area contributed by atoms with Crippen molar-refractivity contribution in [2.75, 3.05) is 0 Å². The lowest BCUT2D eigenvalue weighted by atomic mass is 9.80. The normalized spacial score (nSPS) is 21.9. The fourth-order valence-corrected chi connectivity index (χ4v) is 4.85. The SMILES string of the molecule is c1scc2nc(C3CCCCC3)c(C3CCCCC3)nc12. The monoisotopic (exact) mass is 300 g/mol. The molecule has 0 amide bonds. The minimum absolute atomic E-state index is 0.674. The highest BCUT2D eigenvalue weighted by molar-refractivity contribution is 7.09. The van der Waals surface area contributed by atoms with Gasteiger partial charge in [0, 0.05) is 22.6 Å². The molecule has 0 saturated heterocycles. The van der Waals surface area contributed by atoms with Crippen LogP contribution < -0.4 is 0 Å². The lowest BCUT2D eigenvalue weighted by molar-refractivity contribution is 0.408. The van der Waals surface area contributed by atoms with Crippen molar-refractivity contribution in [2.24, 2.45) is 0 Å². The molecule has 2 fully saturated rings. The summed E-state index contributed by atoms with van der Waals surface area (Å²) in [5.74, 6) is 1.35. The van der Waals surface area contributed by atoms with Gasteiger partial charge >= 0.3 is 0 Å². The lowest BCUT2D eigenvalue weighted by Gasteiger charge is -2.27. The molecule has 2 nitrogen and oxygen atoms in total. The highest BCUT2D eigenvalue weighted by Crippen LogP contribution is 2.40. The van der Waals surface area contributed by atoms with E-state index in [0.29, 0.717) is 11.8 Å². The van der Waals surface area contributed by atoms with Crippen molar-refractivity contribution in [2.45, 2.75) is 76.0 Å². The molecule has 0 radical (unpaired) electrons. The molecule has 21 heavy (non-hydrogen) atoms. The highest BCUT2D eigenvalue weighted by atomic mass is 32.1. The number of hydrogen-bond donors (Lipinski definition) is 0. The van der Waals surface area contributed by atoms with Gasteiger partial charge in [-0.15, -0.1) is 11.3 Å². The Bertz CT molecular complexity index is 555. The molecule has 0 unspecified atom stereocenters. The molecule has 2 aliphatic carbocycles. The van der Waals surface area contributed by atoms with Gasteiger partial charge in [-0.1, -0.05) is 38.5 Å². The van der Waals surface area contributed by atoms with Gasteiger partial charge in [0.05, 0.1) is 22.4 Å². The summed E-state index contributed by atoms with van der Waals surface area (Å²) in [7, 11) is 0. The molecule has 0 bridgehead atoms. The van der Waals surface area contributed by atoms with Crippen LogP contribution in [0.1, 0.15) is 87.4 Å². The minimum atomic E-state index is 0.674. The smallest absolute Gasteiger partial charge is 0.0997 e. The number of hydrogen-bond acceptors (Lipinski definition) is 3. The Hall–Kier alpha value is -0.960. The number of fused-ring (bicyclic) bond motifs is 1. The number of thiophene rings is 1. The molecular formula is C18H24N2S. The van der Waals surface area contributed by atoms with Crippen molar-refractivity contribution in [3.8, 4) is 0 Å². The second-order valence-electron chi connectivity index (χ2n) is 6.81. The van der Waals surface area contributed by atoms with Crippen LogP contribution in [0.5, 0.6) is 0 Å². The summed E-state index contributed by atoms with van der Waals surface area (Å²) in [5, 5.41) is 4.33. The maximum Gasteiger partial charge on any atom is 0.0997 e. The second kappa shape index (κ2) is 6.04. The van der Waals surface area contributed by atoms with Crippen LogP contribution in [-0.2, 0) is 0 Å². The summed E-state index contributed by atoms with van der Waals surface area (Å²) in [4.78, 5) is 10.2. The summed E-state index contributed by atoms with van der Waals surface area (Å²) in [6.45, 7) is 0. The molecule has 0 aliphatic heterocycles. The van der Waals surface area contributed by atoms with Gasteiger partial charge in [-0.3, -0.25) is 0 Å². The van der Waals surface area contributed by atoms with Crippen molar-refractivity contribution in [3.63, 3.8) is 0 Å². The molecule has 2 aliphatic rings. The van der Waals surface area contributed by atoms with E-state index >= 15 is 0 Å². The summed E-state index contributed by atoms with van der Waals surface area (Å²) in [5.41, 5.74) is 4.99. The van der Waals surface area contributed by atoms with E-state index in [-0.39, 0.29) is 0 Å². The molecule has 112 valence electrons. The fourth-order valence-electron chi connectivity index (χ4n) is 4.18. The first-order valence-corrected chi connectivity index (χ1v) is 9.60. The van der Waals surface area contributed by atoms with E-state index in [1.165, 1.54) is 75.6 Å². The van der Waals surface area contributed by atoms with E-state index < -0.39 is 0 Å². The van der Waals surface area contributed by atoms with Crippen molar-refractivity contribution in [3.05, 3.63) is 22.1 Å². The number of rotatable bonds is 2. The maximum absolute atomic E-state index is 5.08. The Morgan fingerprint density at radius 3 is 1.52 bits per heavy atom. The zero-order chi connectivity index (χ0) is 14.1. The molecular weight excluding hydrogens is 276 g/mol. The number of aromatic nitrogens is 2. The van der Waals surface area contributed by atoms with E-state index in [1.54, 1.807) is 11.3 Å². The maximum atomic E-state index is 5.08. The molecule has 0 atom stereocenters. The topological polar surface area (TPSA) is 25.8 Å². The first-order chi connectivity index (χ1) is 10.4. The van der Waals surface area contributed by atoms with Gasteiger partial charge in [-0.2, -0.15) is 0 Å². The van der Waals surface area contributed by atoms with Gasteiger partial charge in [0.1, 0.15) is 0 Å². The average Bonchev–Trinajstić information content (AvgIpc) is 3.03. The number of nitrogens with zero attached hydrogens (tertiary/aromatic N) is 2. The summed E-state index contributed by atoms with van der Waals surface area (Å²) < 4.78 is 0. The van der Waals surface area contributed by atoms with Gasteiger partial charge in [-0.25, -0.2) is 9.97 Å². The Kier molecular flexibility index (Phi) is 3.93. The Morgan fingerprint density at radius 2 is 1.10 bits per heavy atom. The van der Waals surface area contributed by atoms with Crippen LogP contribution in [0.2, 0.25) is 0 Å². The molecule has 0 aromatic carbocycles. The zero-order valence-electron chi connectivity index (χ0n) is 12.7. The van der Waals surface area contributed by atoms with E-state index in [2.05, 4.69) is 10.8 Å². The fraction of sp³-hybridized carbons (Fsp3) is 0.667. The lowest BCUT2D eigenvalue weighted by Crippen LogP contribution is -2.15. The van der Waals surface area contributed by atoms with Gasteiger partial charge in [-0.05, 0) is 25.7 Å². The van der Waals surface area contributed by atoms with Crippen molar-refractivity contribution in [1.29, 1.82) is 0 Å². The minimum Gasteiger partial charge on any atom is -0.248 e. The zero-order valence-corrected chi connectivity index (χ0v) is 13.5. The van der Waals surface area contributed by atoms with E-state index in [0.717, 1.165) is 11.0 Å². The first-order valence-electron chi connectivity index (χ1n) is 8.65. The van der Waals surface area contributed by atoms with Gasteiger partial charge in [0.2, 0.25) is 0 Å². The first kappa shape index (κ1) is 13.7. The van der Waals surface area contributed by atoms with Crippen molar-refractivity contribution < 1.29 is 0 Å².